The summed E-state index contributed by atoms with van der Waals surface area (Å²) in [6.45, 7) is 8.75. The van der Waals surface area contributed by atoms with E-state index in [1.165, 1.54) is 11.3 Å². The summed E-state index contributed by atoms with van der Waals surface area (Å²) in [7, 11) is 0. The third-order valence-electron chi connectivity index (χ3n) is 2.67. The summed E-state index contributed by atoms with van der Waals surface area (Å²) in [4.78, 5) is 4.66. The summed E-state index contributed by atoms with van der Waals surface area (Å²) in [5, 5.41) is 0. The molecule has 0 spiro atoms. The normalized spacial score (nSPS) is 11.9. The lowest BCUT2D eigenvalue weighted by Gasteiger charge is -2.14. The van der Waals surface area contributed by atoms with E-state index in [-0.39, 0.29) is 0 Å². The first-order valence-corrected chi connectivity index (χ1v) is 5.47. The Morgan fingerprint density at radius 1 is 1.13 bits per heavy atom. The van der Waals surface area contributed by atoms with Gasteiger partial charge in [-0.15, -0.1) is 0 Å². The quantitative estimate of drug-likeness (QED) is 0.735. The molecule has 15 heavy (non-hydrogen) atoms. The first-order chi connectivity index (χ1) is 7.09. The van der Waals surface area contributed by atoms with E-state index in [1.54, 1.807) is 6.26 Å². The van der Waals surface area contributed by atoms with Crippen LogP contribution >= 0.6 is 0 Å². The van der Waals surface area contributed by atoms with E-state index in [9.17, 15) is 0 Å². The van der Waals surface area contributed by atoms with Gasteiger partial charge in [0.1, 0.15) is 5.52 Å². The molecule has 2 heteroatoms. The van der Waals surface area contributed by atoms with Crippen molar-refractivity contribution in [2.24, 2.45) is 0 Å². The second-order valence-electron chi connectivity index (χ2n) is 4.58. The number of nitrogens with zero attached hydrogens (tertiary/aromatic N) is 1. The first-order valence-electron chi connectivity index (χ1n) is 5.47. The predicted molar refractivity (Wildman–Crippen MR) is 62.2 cm³/mol. The Hall–Kier alpha value is -1.31. The molecule has 0 aliphatic carbocycles. The van der Waals surface area contributed by atoms with Gasteiger partial charge < -0.3 is 4.42 Å². The monoisotopic (exact) mass is 203 g/mol. The third-order valence-corrected chi connectivity index (χ3v) is 2.67. The average molecular weight is 203 g/mol. The molecule has 80 valence electrons. The topological polar surface area (TPSA) is 26.0 Å². The van der Waals surface area contributed by atoms with Crippen LogP contribution in [0.3, 0.4) is 0 Å². The molecule has 2 nitrogen and oxygen atoms in total. The fourth-order valence-corrected chi connectivity index (χ4v) is 1.85. The van der Waals surface area contributed by atoms with Crippen LogP contribution < -0.4 is 0 Å². The molecular weight excluding hydrogens is 186 g/mol. The van der Waals surface area contributed by atoms with Crippen molar-refractivity contribution in [2.45, 2.75) is 39.5 Å². The molecule has 2 rings (SSSR count). The van der Waals surface area contributed by atoms with Crippen LogP contribution in [0.4, 0.5) is 0 Å². The van der Waals surface area contributed by atoms with Gasteiger partial charge in [0.15, 0.2) is 5.58 Å². The van der Waals surface area contributed by atoms with E-state index in [2.05, 4.69) is 38.7 Å². The van der Waals surface area contributed by atoms with Gasteiger partial charge in [0.25, 0.3) is 0 Å². The van der Waals surface area contributed by atoms with E-state index in [1.807, 2.05) is 6.07 Å². The molecule has 0 unspecified atom stereocenters. The van der Waals surface area contributed by atoms with Gasteiger partial charge >= 0.3 is 0 Å². The van der Waals surface area contributed by atoms with Crippen molar-refractivity contribution in [3.8, 4) is 0 Å². The van der Waals surface area contributed by atoms with Gasteiger partial charge in [-0.1, -0.05) is 27.7 Å². The van der Waals surface area contributed by atoms with Gasteiger partial charge in [-0.05, 0) is 23.5 Å². The fourth-order valence-electron chi connectivity index (χ4n) is 1.85. The minimum absolute atomic E-state index is 0.460. The predicted octanol–water partition coefficient (Wildman–Crippen LogP) is 4.07. The van der Waals surface area contributed by atoms with Gasteiger partial charge in [-0.2, -0.15) is 0 Å². The number of pyridine rings is 1. The van der Waals surface area contributed by atoms with E-state index >= 15 is 0 Å². The second-order valence-corrected chi connectivity index (χ2v) is 4.58. The van der Waals surface area contributed by atoms with Gasteiger partial charge in [0.2, 0.25) is 0 Å². The first kappa shape index (κ1) is 10.2. The zero-order valence-corrected chi connectivity index (χ0v) is 9.74. The minimum atomic E-state index is 0.460. The maximum absolute atomic E-state index is 5.38. The summed E-state index contributed by atoms with van der Waals surface area (Å²) in [6, 6.07) is 4.05. The molecule has 0 saturated carbocycles. The molecule has 0 atom stereocenters. The fraction of sp³-hybridized carbons (Fsp3) is 0.462. The SMILES string of the molecule is CC(C)c1cc2occc2nc1C(C)C. The molecule has 0 bridgehead atoms. The smallest absolute Gasteiger partial charge is 0.152 e. The van der Waals surface area contributed by atoms with Crippen molar-refractivity contribution in [1.29, 1.82) is 0 Å². The Balaban J connectivity index is 2.68. The molecule has 0 fully saturated rings. The summed E-state index contributed by atoms with van der Waals surface area (Å²) < 4.78 is 5.38. The molecule has 2 aromatic heterocycles. The van der Waals surface area contributed by atoms with Crippen LogP contribution in [-0.4, -0.2) is 4.98 Å². The highest BCUT2D eigenvalue weighted by Crippen LogP contribution is 2.28. The number of aromatic nitrogens is 1. The van der Waals surface area contributed by atoms with E-state index in [0.29, 0.717) is 11.8 Å². The molecule has 0 aliphatic heterocycles. The summed E-state index contributed by atoms with van der Waals surface area (Å²) in [5.74, 6) is 0.950. The van der Waals surface area contributed by atoms with Crippen LogP contribution in [0.1, 0.15) is 50.8 Å². The molecule has 2 heterocycles. The van der Waals surface area contributed by atoms with Gasteiger partial charge in [-0.3, -0.25) is 0 Å². The highest BCUT2D eigenvalue weighted by Gasteiger charge is 2.14. The largest absolute Gasteiger partial charge is 0.463 e. The number of hydrogen-bond acceptors (Lipinski definition) is 2. The second kappa shape index (κ2) is 3.69. The number of fused-ring (bicyclic) bond motifs is 1. The van der Waals surface area contributed by atoms with Crippen molar-refractivity contribution in [2.75, 3.05) is 0 Å². The average Bonchev–Trinajstić information content (AvgIpc) is 2.61. The zero-order valence-electron chi connectivity index (χ0n) is 9.74. The molecule has 0 aliphatic rings. The van der Waals surface area contributed by atoms with Crippen molar-refractivity contribution >= 4 is 11.1 Å². The molecule has 0 amide bonds. The maximum Gasteiger partial charge on any atom is 0.152 e. The lowest BCUT2D eigenvalue weighted by molar-refractivity contribution is 0.613. The van der Waals surface area contributed by atoms with Gasteiger partial charge in [0.05, 0.1) is 6.26 Å². The van der Waals surface area contributed by atoms with Crippen LogP contribution in [0.15, 0.2) is 22.8 Å². The van der Waals surface area contributed by atoms with Gasteiger partial charge in [0, 0.05) is 11.8 Å². The van der Waals surface area contributed by atoms with Crippen LogP contribution in [0.5, 0.6) is 0 Å². The number of furan rings is 1. The summed E-state index contributed by atoms with van der Waals surface area (Å²) >= 11 is 0. The number of hydrogen-bond donors (Lipinski definition) is 0. The lowest BCUT2D eigenvalue weighted by Crippen LogP contribution is -2.01. The zero-order chi connectivity index (χ0) is 11.0. The number of rotatable bonds is 2. The Morgan fingerprint density at radius 3 is 2.47 bits per heavy atom. The van der Waals surface area contributed by atoms with Crippen LogP contribution in [-0.2, 0) is 0 Å². The third kappa shape index (κ3) is 1.76. The Morgan fingerprint density at radius 2 is 1.87 bits per heavy atom. The van der Waals surface area contributed by atoms with Crippen molar-refractivity contribution in [3.63, 3.8) is 0 Å². The minimum Gasteiger partial charge on any atom is -0.463 e. The van der Waals surface area contributed by atoms with Crippen LogP contribution in [0, 0.1) is 0 Å². The lowest BCUT2D eigenvalue weighted by atomic mass is 9.95. The molecular formula is C13H17NO. The molecule has 0 N–H and O–H groups in total. The Labute approximate surface area is 90.3 Å². The Bertz CT molecular complexity index is 426. The van der Waals surface area contributed by atoms with Crippen LogP contribution in [0.25, 0.3) is 11.1 Å². The standard InChI is InChI=1S/C13H17NO/c1-8(2)10-7-12-11(5-6-15-12)14-13(10)9(3)4/h5-9H,1-4H3. The van der Waals surface area contributed by atoms with Crippen molar-refractivity contribution < 1.29 is 4.42 Å². The molecule has 2 aromatic rings. The Kier molecular flexibility index (Phi) is 2.51. The maximum atomic E-state index is 5.38. The van der Waals surface area contributed by atoms with Gasteiger partial charge in [-0.25, -0.2) is 4.98 Å². The van der Waals surface area contributed by atoms with E-state index in [0.717, 1.165) is 11.1 Å². The highest BCUT2D eigenvalue weighted by molar-refractivity contribution is 5.73. The van der Waals surface area contributed by atoms with E-state index < -0.39 is 0 Å². The van der Waals surface area contributed by atoms with Crippen molar-refractivity contribution in [1.82, 2.24) is 4.98 Å². The van der Waals surface area contributed by atoms with E-state index in [4.69, 9.17) is 4.42 Å². The highest BCUT2D eigenvalue weighted by atomic mass is 16.3. The molecule has 0 aromatic carbocycles. The molecule has 0 saturated heterocycles. The van der Waals surface area contributed by atoms with Crippen molar-refractivity contribution in [3.05, 3.63) is 29.7 Å². The molecule has 0 radical (unpaired) electrons. The summed E-state index contributed by atoms with van der Waals surface area (Å²) in [5.41, 5.74) is 4.34. The van der Waals surface area contributed by atoms with Crippen LogP contribution in [0.2, 0.25) is 0 Å². The summed E-state index contributed by atoms with van der Waals surface area (Å²) in [6.07, 6.45) is 1.70.